The molecule has 2 fully saturated rings. The number of benzene rings is 4. The molecule has 2 N–H and O–H groups in total. The fraction of sp³-hybridized carbons (Fsp3) is 0.356. The summed E-state index contributed by atoms with van der Waals surface area (Å²) in [4.78, 5) is 48.4. The molecule has 2 saturated heterocycles. The van der Waals surface area contributed by atoms with E-state index >= 15 is 4.39 Å². The Labute approximate surface area is 387 Å². The third-order valence-electron chi connectivity index (χ3n) is 11.2. The van der Waals surface area contributed by atoms with Gasteiger partial charge in [-0.25, -0.2) is 27.2 Å². The SMILES string of the molecule is CCN1CCN(C(=O)N(Cc2ccc(-c3nnc(C(F)F)o3)cc2F)c2cccc(Cl)c2F)CC1.CCN1CCN(C(=O)N(Cc2ccc(C(=O)CN)cc2F)c2cccc(Cl)c2F)CC1. The van der Waals surface area contributed by atoms with Crippen LogP contribution in [0.4, 0.5) is 47.3 Å². The van der Waals surface area contributed by atoms with Crippen LogP contribution >= 0.6 is 23.2 Å². The maximum atomic E-state index is 15.0. The van der Waals surface area contributed by atoms with Crippen LogP contribution in [0.5, 0.6) is 0 Å². The first-order chi connectivity index (χ1) is 31.6. The van der Waals surface area contributed by atoms with Crippen molar-refractivity contribution in [3.8, 4) is 11.5 Å². The average molecular weight is 963 g/mol. The van der Waals surface area contributed by atoms with Crippen molar-refractivity contribution >= 4 is 52.4 Å². The van der Waals surface area contributed by atoms with E-state index in [0.29, 0.717) is 52.4 Å². The largest absolute Gasteiger partial charge is 0.415 e. The monoisotopic (exact) mass is 961 g/mol. The maximum absolute atomic E-state index is 15.0. The minimum absolute atomic E-state index is 0.0306. The van der Waals surface area contributed by atoms with Crippen LogP contribution in [0.2, 0.25) is 10.0 Å². The topological polar surface area (TPSA) is 136 Å². The summed E-state index contributed by atoms with van der Waals surface area (Å²) >= 11 is 11.9. The quantitative estimate of drug-likeness (QED) is 0.0961. The Kier molecular flexibility index (Phi) is 17.1. The molecule has 0 atom stereocenters. The third-order valence-corrected chi connectivity index (χ3v) is 11.8. The highest BCUT2D eigenvalue weighted by molar-refractivity contribution is 6.31. The van der Waals surface area contributed by atoms with Gasteiger partial charge in [0.15, 0.2) is 17.4 Å². The molecule has 7 rings (SSSR count). The smallest absolute Gasteiger partial charge is 0.324 e. The number of rotatable bonds is 12. The zero-order valence-corrected chi connectivity index (χ0v) is 37.5. The number of carbonyl (C=O) groups excluding carboxylic acids is 3. The van der Waals surface area contributed by atoms with Crippen molar-refractivity contribution in [2.24, 2.45) is 5.73 Å². The third kappa shape index (κ3) is 11.8. The van der Waals surface area contributed by atoms with Gasteiger partial charge in [-0.3, -0.25) is 14.6 Å². The van der Waals surface area contributed by atoms with Crippen LogP contribution in [-0.4, -0.2) is 120 Å². The minimum atomic E-state index is -2.95. The van der Waals surface area contributed by atoms with Crippen LogP contribution in [0.3, 0.4) is 0 Å². The molecule has 0 saturated carbocycles. The van der Waals surface area contributed by atoms with Crippen LogP contribution in [0, 0.1) is 23.3 Å². The molecule has 4 amide bonds. The summed E-state index contributed by atoms with van der Waals surface area (Å²) in [6.45, 7) is 9.67. The molecule has 1 aromatic heterocycles. The molecule has 4 aromatic carbocycles. The number of likely N-dealkylation sites (N-methyl/N-ethyl adjacent to an activating group) is 2. The molecule has 0 bridgehead atoms. The molecular formula is C45H47Cl2F6N9O4. The molecule has 3 heterocycles. The van der Waals surface area contributed by atoms with Gasteiger partial charge >= 0.3 is 18.5 Å². The summed E-state index contributed by atoms with van der Waals surface area (Å²) in [6.07, 6.45) is -2.95. The lowest BCUT2D eigenvalue weighted by molar-refractivity contribution is 0.100. The number of carbonyl (C=O) groups is 3. The van der Waals surface area contributed by atoms with E-state index in [1.54, 1.807) is 9.80 Å². The molecule has 352 valence electrons. The fourth-order valence-electron chi connectivity index (χ4n) is 7.32. The lowest BCUT2D eigenvalue weighted by atomic mass is 10.1. The molecule has 13 nitrogen and oxygen atoms in total. The second-order valence-electron chi connectivity index (χ2n) is 15.2. The van der Waals surface area contributed by atoms with Gasteiger partial charge in [-0.15, -0.1) is 10.2 Å². The van der Waals surface area contributed by atoms with Crippen LogP contribution in [0.1, 0.15) is 47.6 Å². The Morgan fingerprint density at radius 2 is 1.15 bits per heavy atom. The molecular weight excluding hydrogens is 915 g/mol. The summed E-state index contributed by atoms with van der Waals surface area (Å²) in [5.74, 6) is -4.51. The number of piperazine rings is 2. The highest BCUT2D eigenvalue weighted by Crippen LogP contribution is 2.32. The second-order valence-corrected chi connectivity index (χ2v) is 16.0. The number of aromatic nitrogens is 2. The Hall–Kier alpha value is -5.73. The summed E-state index contributed by atoms with van der Waals surface area (Å²) in [6, 6.07) is 15.4. The summed E-state index contributed by atoms with van der Waals surface area (Å²) in [5.41, 5.74) is 5.68. The average Bonchev–Trinajstić information content (AvgIpc) is 3.84. The molecule has 2 aliphatic rings. The Bertz CT molecular complexity index is 2500. The van der Waals surface area contributed by atoms with Gasteiger partial charge in [0.1, 0.15) is 11.6 Å². The van der Waals surface area contributed by atoms with Gasteiger partial charge in [0, 0.05) is 74.6 Å². The van der Waals surface area contributed by atoms with E-state index in [2.05, 4.69) is 20.0 Å². The van der Waals surface area contributed by atoms with Crippen molar-refractivity contribution in [2.45, 2.75) is 33.4 Å². The molecule has 2 aliphatic heterocycles. The molecule has 0 unspecified atom stereocenters. The Balaban J connectivity index is 0.000000220. The Morgan fingerprint density at radius 3 is 1.56 bits per heavy atom. The van der Waals surface area contributed by atoms with Gasteiger partial charge in [0.2, 0.25) is 5.89 Å². The molecule has 21 heteroatoms. The molecule has 0 aliphatic carbocycles. The fourth-order valence-corrected chi connectivity index (χ4v) is 7.66. The molecule has 66 heavy (non-hydrogen) atoms. The van der Waals surface area contributed by atoms with Crippen molar-refractivity contribution in [1.82, 2.24) is 29.8 Å². The van der Waals surface area contributed by atoms with Crippen LogP contribution in [-0.2, 0) is 13.1 Å². The predicted molar refractivity (Wildman–Crippen MR) is 238 cm³/mol. The summed E-state index contributed by atoms with van der Waals surface area (Å²) in [5, 5.41) is 6.44. The normalized spacial score (nSPS) is 14.5. The van der Waals surface area contributed by atoms with Crippen molar-refractivity contribution < 1.29 is 45.1 Å². The summed E-state index contributed by atoms with van der Waals surface area (Å²) in [7, 11) is 0. The first-order valence-electron chi connectivity index (χ1n) is 21.0. The number of nitrogens with zero attached hydrogens (tertiary/aromatic N) is 8. The van der Waals surface area contributed by atoms with E-state index in [-0.39, 0.29) is 69.2 Å². The van der Waals surface area contributed by atoms with Crippen LogP contribution in [0.25, 0.3) is 11.5 Å². The molecule has 5 aromatic rings. The lowest BCUT2D eigenvalue weighted by Crippen LogP contribution is -2.52. The van der Waals surface area contributed by atoms with Crippen LogP contribution in [0.15, 0.2) is 77.2 Å². The van der Waals surface area contributed by atoms with E-state index < -0.39 is 53.4 Å². The second kappa shape index (κ2) is 22.6. The molecule has 0 spiro atoms. The zero-order chi connectivity index (χ0) is 47.7. The highest BCUT2D eigenvalue weighted by Gasteiger charge is 2.31. The van der Waals surface area contributed by atoms with Gasteiger partial charge in [-0.1, -0.05) is 67.4 Å². The van der Waals surface area contributed by atoms with Crippen LogP contribution < -0.4 is 15.5 Å². The lowest BCUT2D eigenvalue weighted by Gasteiger charge is -2.37. The summed E-state index contributed by atoms with van der Waals surface area (Å²) < 4.78 is 89.8. The van der Waals surface area contributed by atoms with E-state index in [9.17, 15) is 36.3 Å². The predicted octanol–water partition coefficient (Wildman–Crippen LogP) is 8.89. The number of halogens is 8. The number of amides is 4. The minimum Gasteiger partial charge on any atom is -0.415 e. The van der Waals surface area contributed by atoms with E-state index in [0.717, 1.165) is 30.1 Å². The van der Waals surface area contributed by atoms with Crippen molar-refractivity contribution in [3.05, 3.63) is 129 Å². The van der Waals surface area contributed by atoms with E-state index in [1.165, 1.54) is 65.6 Å². The van der Waals surface area contributed by atoms with E-state index in [4.69, 9.17) is 33.4 Å². The number of anilines is 2. The highest BCUT2D eigenvalue weighted by atomic mass is 35.5. The first-order valence-corrected chi connectivity index (χ1v) is 21.8. The number of hydrogen-bond donors (Lipinski definition) is 1. The van der Waals surface area contributed by atoms with Gasteiger partial charge in [0.05, 0.1) is 41.1 Å². The standard InChI is InChI=1S/C23H22ClF4N5O2.C22H25ClF2N4O2/c1-2-31-8-10-32(11-9-31)23(34)33(18-5-3-4-16(24)19(18)26)13-15-7-6-14(12-17(15)25)21-29-30-22(35-21)20(27)28;1-2-27-8-10-28(11-9-27)22(31)29(19-5-3-4-17(23)21(19)25)14-16-7-6-15(12-18(16)24)20(30)13-26/h3-7,12,20H,2,8-11,13H2,1H3;3-7,12H,2,8-11,13-14,26H2,1H3. The van der Waals surface area contributed by atoms with Gasteiger partial charge in [0.25, 0.3) is 5.89 Å². The first kappa shape index (κ1) is 49.7. The number of Topliss-reactive ketones (excluding diaryl/α,β-unsaturated/α-hetero) is 1. The van der Waals surface area contributed by atoms with Crippen molar-refractivity contribution in [2.75, 3.05) is 81.8 Å². The number of hydrogen-bond acceptors (Lipinski definition) is 9. The Morgan fingerprint density at radius 1 is 0.682 bits per heavy atom. The van der Waals surface area contributed by atoms with Crippen molar-refractivity contribution in [1.29, 1.82) is 0 Å². The number of nitrogens with two attached hydrogens (primary N) is 1. The number of ketones is 1. The van der Waals surface area contributed by atoms with Gasteiger partial charge in [-0.2, -0.15) is 8.78 Å². The number of urea groups is 2. The van der Waals surface area contributed by atoms with E-state index in [1.807, 2.05) is 13.8 Å². The zero-order valence-electron chi connectivity index (χ0n) is 36.0. The van der Waals surface area contributed by atoms with Gasteiger partial charge in [-0.05, 0) is 55.6 Å². The van der Waals surface area contributed by atoms with Crippen molar-refractivity contribution in [3.63, 3.8) is 0 Å². The maximum Gasteiger partial charge on any atom is 0.324 e. The number of alkyl halides is 2. The van der Waals surface area contributed by atoms with Gasteiger partial charge < -0.3 is 29.8 Å². The molecule has 0 radical (unpaired) electrons.